The zero-order valence-corrected chi connectivity index (χ0v) is 25.5. The summed E-state index contributed by atoms with van der Waals surface area (Å²) in [6.45, 7) is 9.39. The molecule has 0 aromatic carbocycles. The second kappa shape index (κ2) is 11.3. The molecule has 0 bridgehead atoms. The molecule has 0 radical (unpaired) electrons. The largest absolute Gasteiger partial charge is 0.494 e. The van der Waals surface area contributed by atoms with Gasteiger partial charge in [0.1, 0.15) is 30.5 Å². The summed E-state index contributed by atoms with van der Waals surface area (Å²) in [5, 5.41) is 50.0. The summed E-state index contributed by atoms with van der Waals surface area (Å²) in [4.78, 5) is 0. The maximum absolute atomic E-state index is 10.4. The highest BCUT2D eigenvalue weighted by Crippen LogP contribution is 2.69. The SMILES string of the molecule is CC1=C(CCC(C)CO[C@@H]2O[C@H](CO)[C@@H](O)[C@H](O)[C@H]2O)O[C@H]2C[C@H]3[C@@H]4CCC5C[C@@H](O)CC[C@]5(C)[C@H]4CC[C@]3(C)[C@@H]12. The molecule has 5 fully saturated rings. The molecular weight excluding hydrogens is 524 g/mol. The molecule has 4 aliphatic carbocycles. The quantitative estimate of drug-likeness (QED) is 0.311. The lowest BCUT2D eigenvalue weighted by atomic mass is 9.44. The highest BCUT2D eigenvalue weighted by Gasteiger charge is 2.64. The van der Waals surface area contributed by atoms with Gasteiger partial charge < -0.3 is 39.7 Å². The van der Waals surface area contributed by atoms with Crippen molar-refractivity contribution in [2.75, 3.05) is 13.2 Å². The number of allylic oxidation sites excluding steroid dienone is 1. The van der Waals surface area contributed by atoms with E-state index in [0.717, 1.165) is 49.2 Å². The van der Waals surface area contributed by atoms with Gasteiger partial charge in [0, 0.05) is 12.3 Å². The summed E-state index contributed by atoms with van der Waals surface area (Å²) >= 11 is 0. The van der Waals surface area contributed by atoms with Crippen molar-refractivity contribution in [3.8, 4) is 0 Å². The first-order chi connectivity index (χ1) is 19.5. The third kappa shape index (κ3) is 5.01. The number of ether oxygens (including phenoxy) is 3. The Morgan fingerprint density at radius 2 is 1.68 bits per heavy atom. The van der Waals surface area contributed by atoms with Crippen LogP contribution in [0.5, 0.6) is 0 Å². The number of aliphatic hydroxyl groups excluding tert-OH is 5. The first-order valence-electron chi connectivity index (χ1n) is 16.4. The summed E-state index contributed by atoms with van der Waals surface area (Å²) < 4.78 is 18.0. The average Bonchev–Trinajstić information content (AvgIpc) is 3.43. The summed E-state index contributed by atoms with van der Waals surface area (Å²) in [6.07, 6.45) is 5.25. The van der Waals surface area contributed by atoms with Gasteiger partial charge in [-0.1, -0.05) is 20.8 Å². The fourth-order valence-corrected chi connectivity index (χ4v) is 10.7. The van der Waals surface area contributed by atoms with E-state index in [1.54, 1.807) is 0 Å². The van der Waals surface area contributed by atoms with Crippen LogP contribution in [0.25, 0.3) is 0 Å². The maximum Gasteiger partial charge on any atom is 0.186 e. The van der Waals surface area contributed by atoms with Gasteiger partial charge in [-0.05, 0) is 111 Å². The molecule has 6 rings (SSSR count). The van der Waals surface area contributed by atoms with Gasteiger partial charge >= 0.3 is 0 Å². The molecule has 2 unspecified atom stereocenters. The summed E-state index contributed by atoms with van der Waals surface area (Å²) in [7, 11) is 0. The minimum absolute atomic E-state index is 0.0917. The van der Waals surface area contributed by atoms with E-state index in [1.807, 2.05) is 0 Å². The zero-order chi connectivity index (χ0) is 29.3. The molecular formula is C33H54O8. The van der Waals surface area contributed by atoms with E-state index in [4.69, 9.17) is 14.2 Å². The Labute approximate surface area is 245 Å². The van der Waals surface area contributed by atoms with Crippen molar-refractivity contribution in [1.29, 1.82) is 0 Å². The van der Waals surface area contributed by atoms with Gasteiger partial charge in [0.25, 0.3) is 0 Å². The topological polar surface area (TPSA) is 129 Å². The van der Waals surface area contributed by atoms with Crippen LogP contribution in [-0.4, -0.2) is 81.7 Å². The monoisotopic (exact) mass is 578 g/mol. The highest BCUT2D eigenvalue weighted by molar-refractivity contribution is 5.26. The normalized spacial score (nSPS) is 51.8. The zero-order valence-electron chi connectivity index (χ0n) is 25.5. The predicted molar refractivity (Wildman–Crippen MR) is 152 cm³/mol. The molecule has 4 saturated carbocycles. The van der Waals surface area contributed by atoms with Gasteiger partial charge in [-0.25, -0.2) is 0 Å². The Kier molecular flexibility index (Phi) is 8.36. The first kappa shape index (κ1) is 30.3. The van der Waals surface area contributed by atoms with E-state index in [-0.39, 0.29) is 18.1 Å². The highest BCUT2D eigenvalue weighted by atomic mass is 16.7. The van der Waals surface area contributed by atoms with Crippen LogP contribution >= 0.6 is 0 Å². The van der Waals surface area contributed by atoms with E-state index in [0.29, 0.717) is 29.3 Å². The lowest BCUT2D eigenvalue weighted by Gasteiger charge is -2.60. The van der Waals surface area contributed by atoms with Gasteiger partial charge in [-0.2, -0.15) is 0 Å². The van der Waals surface area contributed by atoms with Crippen molar-refractivity contribution in [3.05, 3.63) is 11.3 Å². The average molecular weight is 579 g/mol. The van der Waals surface area contributed by atoms with Crippen LogP contribution in [0, 0.1) is 46.3 Å². The van der Waals surface area contributed by atoms with Gasteiger partial charge in [0.2, 0.25) is 0 Å². The molecule has 0 aromatic heterocycles. The molecule has 8 heteroatoms. The summed E-state index contributed by atoms with van der Waals surface area (Å²) in [6, 6.07) is 0. The van der Waals surface area contributed by atoms with Crippen LogP contribution in [0.2, 0.25) is 0 Å². The van der Waals surface area contributed by atoms with Crippen LogP contribution in [0.15, 0.2) is 11.3 Å². The molecule has 0 spiro atoms. The number of hydrogen-bond acceptors (Lipinski definition) is 8. The smallest absolute Gasteiger partial charge is 0.186 e. The maximum atomic E-state index is 10.4. The predicted octanol–water partition coefficient (Wildman–Crippen LogP) is 3.52. The Morgan fingerprint density at radius 3 is 2.44 bits per heavy atom. The minimum Gasteiger partial charge on any atom is -0.494 e. The lowest BCUT2D eigenvalue weighted by Crippen LogP contribution is -2.59. The summed E-state index contributed by atoms with van der Waals surface area (Å²) in [5.74, 6) is 4.82. The van der Waals surface area contributed by atoms with E-state index in [2.05, 4.69) is 27.7 Å². The van der Waals surface area contributed by atoms with Gasteiger partial charge in [-0.3, -0.25) is 0 Å². The molecule has 234 valence electrons. The number of hydrogen-bond donors (Lipinski definition) is 5. The van der Waals surface area contributed by atoms with Crippen LogP contribution < -0.4 is 0 Å². The van der Waals surface area contributed by atoms with Crippen molar-refractivity contribution >= 4 is 0 Å². The molecule has 1 saturated heterocycles. The Morgan fingerprint density at radius 1 is 0.927 bits per heavy atom. The van der Waals surface area contributed by atoms with Crippen molar-refractivity contribution in [2.24, 2.45) is 46.3 Å². The van der Waals surface area contributed by atoms with Crippen LogP contribution in [0.3, 0.4) is 0 Å². The molecule has 41 heavy (non-hydrogen) atoms. The van der Waals surface area contributed by atoms with Crippen LogP contribution in [0.1, 0.15) is 91.9 Å². The van der Waals surface area contributed by atoms with Gasteiger partial charge in [0.15, 0.2) is 6.29 Å². The fraction of sp³-hybridized carbons (Fsp3) is 0.939. The molecule has 15 atom stereocenters. The van der Waals surface area contributed by atoms with Crippen LogP contribution in [-0.2, 0) is 14.2 Å². The molecule has 6 aliphatic rings. The molecule has 5 N–H and O–H groups in total. The van der Waals surface area contributed by atoms with Crippen molar-refractivity contribution in [2.45, 2.75) is 135 Å². The van der Waals surface area contributed by atoms with E-state index in [9.17, 15) is 25.5 Å². The third-order valence-electron chi connectivity index (χ3n) is 13.1. The number of rotatable bonds is 7. The van der Waals surface area contributed by atoms with Crippen molar-refractivity contribution in [3.63, 3.8) is 0 Å². The van der Waals surface area contributed by atoms with E-state index < -0.39 is 37.3 Å². The second-order valence-corrected chi connectivity index (χ2v) is 15.3. The second-order valence-electron chi connectivity index (χ2n) is 15.3. The van der Waals surface area contributed by atoms with Crippen LogP contribution in [0.4, 0.5) is 0 Å². The molecule has 2 aliphatic heterocycles. The standard InChI is InChI=1S/C33H54O8/c1-17(16-39-31-30(38)29(37)28(36)26(15-34)41-31)5-8-24-18(2)27-25(40-24)14-23-21-7-6-19-13-20(35)9-11-32(19,3)22(21)10-12-33(23,27)4/h17,19-23,25-31,34-38H,5-16H2,1-4H3/t17?,19?,20-,21+,22-,23-,25-,26+,27-,28+,29-,30+,31+,32-,33-/m0/s1. The molecule has 8 nitrogen and oxygen atoms in total. The van der Waals surface area contributed by atoms with Crippen molar-refractivity contribution < 1.29 is 39.7 Å². The third-order valence-corrected chi connectivity index (χ3v) is 13.1. The van der Waals surface area contributed by atoms with E-state index >= 15 is 0 Å². The Balaban J connectivity index is 1.06. The van der Waals surface area contributed by atoms with Gasteiger partial charge in [-0.15, -0.1) is 0 Å². The van der Waals surface area contributed by atoms with Crippen molar-refractivity contribution in [1.82, 2.24) is 0 Å². The lowest BCUT2D eigenvalue weighted by molar-refractivity contribution is -0.303. The number of fused-ring (bicyclic) bond motifs is 7. The molecule has 0 amide bonds. The Bertz CT molecular complexity index is 984. The minimum atomic E-state index is -1.42. The Hall–Kier alpha value is -0.740. The number of aliphatic hydroxyl groups is 5. The molecule has 0 aromatic rings. The first-order valence-corrected chi connectivity index (χ1v) is 16.4. The fourth-order valence-electron chi connectivity index (χ4n) is 10.7. The molecule has 2 heterocycles. The van der Waals surface area contributed by atoms with Gasteiger partial charge in [0.05, 0.1) is 25.1 Å². The van der Waals surface area contributed by atoms with E-state index in [1.165, 1.54) is 44.1 Å². The summed E-state index contributed by atoms with van der Waals surface area (Å²) in [5.41, 5.74) is 2.14.